The highest BCUT2D eigenvalue weighted by Gasteiger charge is 2.14. The average molecular weight is 304 g/mol. The smallest absolute Gasteiger partial charge is 0.348 e. The van der Waals surface area contributed by atoms with Crippen LogP contribution in [0.4, 0.5) is 8.78 Å². The van der Waals surface area contributed by atoms with Crippen LogP contribution >= 0.6 is 11.3 Å². The van der Waals surface area contributed by atoms with Crippen molar-refractivity contribution < 1.29 is 18.3 Å². The van der Waals surface area contributed by atoms with Crippen LogP contribution < -0.4 is 0 Å². The summed E-state index contributed by atoms with van der Waals surface area (Å²) in [5, 5.41) is 0.771. The maximum Gasteiger partial charge on any atom is 0.348 e. The number of rotatable bonds is 2. The Morgan fingerprint density at radius 2 is 1.81 bits per heavy atom. The summed E-state index contributed by atoms with van der Waals surface area (Å²) in [6.45, 7) is 0. The summed E-state index contributed by atoms with van der Waals surface area (Å²) >= 11 is 1.29. The molecule has 0 atom stereocenters. The van der Waals surface area contributed by atoms with E-state index in [1.165, 1.54) is 30.6 Å². The molecule has 2 aromatic carbocycles. The Bertz CT molecular complexity index is 819. The first kappa shape index (κ1) is 13.7. The molecule has 0 bridgehead atoms. The van der Waals surface area contributed by atoms with E-state index < -0.39 is 17.6 Å². The van der Waals surface area contributed by atoms with Gasteiger partial charge in [0.25, 0.3) is 0 Å². The van der Waals surface area contributed by atoms with Gasteiger partial charge in [0.1, 0.15) is 16.5 Å². The highest BCUT2D eigenvalue weighted by molar-refractivity contribution is 7.20. The van der Waals surface area contributed by atoms with Crippen LogP contribution in [0.3, 0.4) is 0 Å². The number of thiophene rings is 1. The van der Waals surface area contributed by atoms with E-state index in [2.05, 4.69) is 0 Å². The summed E-state index contributed by atoms with van der Waals surface area (Å²) in [6, 6.07) is 10.5. The van der Waals surface area contributed by atoms with Crippen LogP contribution in [-0.2, 0) is 4.74 Å². The van der Waals surface area contributed by atoms with Crippen LogP contribution in [-0.4, -0.2) is 13.1 Å². The Balaban J connectivity index is 2.22. The molecule has 21 heavy (non-hydrogen) atoms. The number of hydrogen-bond donors (Lipinski definition) is 0. The highest BCUT2D eigenvalue weighted by Crippen LogP contribution is 2.34. The van der Waals surface area contributed by atoms with Crippen LogP contribution in [0.15, 0.2) is 42.5 Å². The molecule has 106 valence electrons. The summed E-state index contributed by atoms with van der Waals surface area (Å²) in [5.74, 6) is -1.69. The zero-order chi connectivity index (χ0) is 15.0. The third-order valence-corrected chi connectivity index (χ3v) is 4.20. The quantitative estimate of drug-likeness (QED) is 0.645. The Labute approximate surface area is 123 Å². The second kappa shape index (κ2) is 5.26. The summed E-state index contributed by atoms with van der Waals surface area (Å²) in [7, 11) is 1.32. The van der Waals surface area contributed by atoms with Gasteiger partial charge in [-0.05, 0) is 35.4 Å². The number of carbonyl (C=O) groups excluding carboxylic acids is 1. The first-order valence-corrected chi connectivity index (χ1v) is 6.97. The van der Waals surface area contributed by atoms with E-state index >= 15 is 0 Å². The summed E-state index contributed by atoms with van der Waals surface area (Å²) < 4.78 is 32.3. The lowest BCUT2D eigenvalue weighted by Gasteiger charge is -2.04. The predicted molar refractivity (Wildman–Crippen MR) is 78.5 cm³/mol. The Morgan fingerprint density at radius 1 is 1.10 bits per heavy atom. The molecule has 0 fully saturated rings. The van der Waals surface area contributed by atoms with Gasteiger partial charge in [-0.25, -0.2) is 13.6 Å². The lowest BCUT2D eigenvalue weighted by Crippen LogP contribution is -1.96. The van der Waals surface area contributed by atoms with Crippen LogP contribution in [0.2, 0.25) is 0 Å². The van der Waals surface area contributed by atoms with Gasteiger partial charge in [0, 0.05) is 16.2 Å². The summed E-state index contributed by atoms with van der Waals surface area (Å²) in [5.41, 5.74) is 1.12. The van der Waals surface area contributed by atoms with Crippen LogP contribution in [0.1, 0.15) is 9.67 Å². The molecule has 0 spiro atoms. The van der Waals surface area contributed by atoms with Crippen LogP contribution in [0, 0.1) is 11.6 Å². The summed E-state index contributed by atoms with van der Waals surface area (Å²) in [4.78, 5) is 12.1. The zero-order valence-electron chi connectivity index (χ0n) is 11.0. The Hall–Kier alpha value is -2.27. The van der Waals surface area contributed by atoms with Gasteiger partial charge in [0.2, 0.25) is 0 Å². The van der Waals surface area contributed by atoms with Gasteiger partial charge < -0.3 is 4.74 Å². The molecule has 0 aliphatic carbocycles. The van der Waals surface area contributed by atoms with Crippen molar-refractivity contribution in [3.05, 3.63) is 59.0 Å². The van der Waals surface area contributed by atoms with Gasteiger partial charge in [0.05, 0.1) is 7.11 Å². The van der Waals surface area contributed by atoms with Gasteiger partial charge in [-0.1, -0.05) is 12.1 Å². The van der Waals surface area contributed by atoms with Gasteiger partial charge in [-0.3, -0.25) is 0 Å². The highest BCUT2D eigenvalue weighted by atomic mass is 32.1. The number of carbonyl (C=O) groups is 1. The van der Waals surface area contributed by atoms with E-state index in [1.54, 1.807) is 18.2 Å². The molecule has 0 aliphatic rings. The molecule has 0 unspecified atom stereocenters. The van der Waals surface area contributed by atoms with Crippen molar-refractivity contribution in [3.63, 3.8) is 0 Å². The molecular weight excluding hydrogens is 294 g/mol. The molecular formula is C16H10F2O2S. The molecule has 0 aliphatic heterocycles. The molecule has 3 aromatic rings. The fraction of sp³-hybridized carbons (Fsp3) is 0.0625. The predicted octanol–water partition coefficient (Wildman–Crippen LogP) is 4.63. The number of halogens is 2. The van der Waals surface area contributed by atoms with Gasteiger partial charge in [0.15, 0.2) is 0 Å². The number of ether oxygens (including phenoxy) is 1. The second-order valence-corrected chi connectivity index (χ2v) is 5.56. The van der Waals surface area contributed by atoms with E-state index in [-0.39, 0.29) is 0 Å². The Kier molecular flexibility index (Phi) is 3.43. The van der Waals surface area contributed by atoms with Crippen molar-refractivity contribution in [2.45, 2.75) is 0 Å². The average Bonchev–Trinajstić information content (AvgIpc) is 2.89. The van der Waals surface area contributed by atoms with Crippen molar-refractivity contribution in [2.75, 3.05) is 7.11 Å². The largest absolute Gasteiger partial charge is 0.465 e. The minimum atomic E-state index is -0.634. The van der Waals surface area contributed by atoms with Crippen LogP contribution in [0.5, 0.6) is 0 Å². The van der Waals surface area contributed by atoms with E-state index in [1.807, 2.05) is 6.07 Å². The molecule has 0 saturated heterocycles. The topological polar surface area (TPSA) is 26.3 Å². The first-order chi connectivity index (χ1) is 10.1. The Morgan fingerprint density at radius 3 is 2.48 bits per heavy atom. The molecule has 0 amide bonds. The van der Waals surface area contributed by atoms with Gasteiger partial charge in [-0.15, -0.1) is 11.3 Å². The van der Waals surface area contributed by atoms with Gasteiger partial charge >= 0.3 is 5.97 Å². The fourth-order valence-electron chi connectivity index (χ4n) is 2.22. The molecule has 2 nitrogen and oxygen atoms in total. The second-order valence-electron chi connectivity index (χ2n) is 4.48. The van der Waals surface area contributed by atoms with E-state index in [0.717, 1.165) is 16.2 Å². The van der Waals surface area contributed by atoms with Crippen molar-refractivity contribution in [3.8, 4) is 11.1 Å². The van der Waals surface area contributed by atoms with Crippen molar-refractivity contribution in [1.82, 2.24) is 0 Å². The maximum absolute atomic E-state index is 13.4. The number of hydrogen-bond acceptors (Lipinski definition) is 3. The lowest BCUT2D eigenvalue weighted by molar-refractivity contribution is 0.0606. The number of benzene rings is 2. The lowest BCUT2D eigenvalue weighted by atomic mass is 10.0. The molecule has 1 aromatic heterocycles. The number of methoxy groups -OCH3 is 1. The summed E-state index contributed by atoms with van der Waals surface area (Å²) in [6.07, 6.45) is 0. The molecule has 5 heteroatoms. The number of fused-ring (bicyclic) bond motifs is 1. The van der Waals surface area contributed by atoms with E-state index in [9.17, 15) is 13.6 Å². The van der Waals surface area contributed by atoms with E-state index in [0.29, 0.717) is 16.0 Å². The third-order valence-electron chi connectivity index (χ3n) is 3.12. The SMILES string of the molecule is COC(=O)c1cc2c(-c3cc(F)cc(F)c3)cccc2s1. The maximum atomic E-state index is 13.4. The molecule has 1 heterocycles. The van der Waals surface area contributed by atoms with Gasteiger partial charge in [-0.2, -0.15) is 0 Å². The fourth-order valence-corrected chi connectivity index (χ4v) is 3.23. The van der Waals surface area contributed by atoms with Crippen molar-refractivity contribution in [2.24, 2.45) is 0 Å². The van der Waals surface area contributed by atoms with Crippen molar-refractivity contribution in [1.29, 1.82) is 0 Å². The minimum Gasteiger partial charge on any atom is -0.465 e. The third kappa shape index (κ3) is 2.52. The van der Waals surface area contributed by atoms with Crippen molar-refractivity contribution >= 4 is 27.4 Å². The molecule has 3 rings (SSSR count). The molecule has 0 saturated carbocycles. The standard InChI is InChI=1S/C16H10F2O2S/c1-20-16(19)15-8-13-12(3-2-4-14(13)21-15)9-5-10(17)7-11(18)6-9/h2-8H,1H3. The number of esters is 1. The van der Waals surface area contributed by atoms with Crippen LogP contribution in [0.25, 0.3) is 21.2 Å². The monoisotopic (exact) mass is 304 g/mol. The van der Waals surface area contributed by atoms with E-state index in [4.69, 9.17) is 4.74 Å². The molecule has 0 N–H and O–H groups in total. The first-order valence-electron chi connectivity index (χ1n) is 6.16. The zero-order valence-corrected chi connectivity index (χ0v) is 11.8. The normalized spacial score (nSPS) is 10.8. The minimum absolute atomic E-state index is 0.424. The molecule has 0 radical (unpaired) electrons.